The van der Waals surface area contributed by atoms with E-state index in [1.54, 1.807) is 12.1 Å². The number of halogens is 2. The van der Waals surface area contributed by atoms with E-state index in [0.717, 1.165) is 8.69 Å². The Labute approximate surface area is 142 Å². The maximum Gasteiger partial charge on any atom is 0.326 e. The van der Waals surface area contributed by atoms with Gasteiger partial charge in [0.2, 0.25) is 0 Å². The Morgan fingerprint density at radius 2 is 2.00 bits per heavy atom. The van der Waals surface area contributed by atoms with Gasteiger partial charge in [-0.15, -0.1) is 11.3 Å². The van der Waals surface area contributed by atoms with Crippen LogP contribution >= 0.6 is 38.9 Å². The molecule has 112 valence electrons. The third kappa shape index (κ3) is 2.35. The zero-order valence-electron chi connectivity index (χ0n) is 10.9. The highest BCUT2D eigenvalue weighted by Crippen LogP contribution is 2.41. The van der Waals surface area contributed by atoms with Crippen LogP contribution in [0.1, 0.15) is 21.2 Å². The molecule has 0 saturated heterocycles. The van der Waals surface area contributed by atoms with Gasteiger partial charge in [-0.2, -0.15) is 0 Å². The highest BCUT2D eigenvalue weighted by atomic mass is 79.9. The zero-order valence-corrected chi connectivity index (χ0v) is 14.0. The van der Waals surface area contributed by atoms with Crippen molar-refractivity contribution in [1.29, 1.82) is 0 Å². The van der Waals surface area contributed by atoms with Gasteiger partial charge in [0.25, 0.3) is 5.91 Å². The summed E-state index contributed by atoms with van der Waals surface area (Å²) in [6.07, 6.45) is 0. The Balaban J connectivity index is 2.12. The van der Waals surface area contributed by atoms with Crippen LogP contribution in [0, 0.1) is 0 Å². The Hall–Kier alpha value is -1.70. The predicted octanol–water partition coefficient (Wildman–Crippen LogP) is 3.56. The summed E-state index contributed by atoms with van der Waals surface area (Å²) in [5.41, 5.74) is 5.96. The Bertz CT molecular complexity index is 820. The number of carbonyl (C=O) groups is 3. The summed E-state index contributed by atoms with van der Waals surface area (Å²) in [5.74, 6) is -2.14. The number of anilines is 1. The minimum atomic E-state index is -1.10. The fraction of sp³-hybridized carbons (Fsp3) is 0.0714. The van der Waals surface area contributed by atoms with Crippen molar-refractivity contribution < 1.29 is 14.4 Å². The summed E-state index contributed by atoms with van der Waals surface area (Å²) in [5, 5.41) is 0.378. The van der Waals surface area contributed by atoms with E-state index in [0.29, 0.717) is 21.2 Å². The van der Waals surface area contributed by atoms with Crippen molar-refractivity contribution in [1.82, 2.24) is 0 Å². The van der Waals surface area contributed by atoms with Gasteiger partial charge in [-0.25, -0.2) is 9.69 Å². The molecule has 0 saturated carbocycles. The Morgan fingerprint density at radius 1 is 1.27 bits per heavy atom. The minimum absolute atomic E-state index is 0.302. The number of ketones is 1. The van der Waals surface area contributed by atoms with Gasteiger partial charge in [0.05, 0.1) is 14.4 Å². The number of fused-ring (bicyclic) bond motifs is 1. The van der Waals surface area contributed by atoms with Crippen LogP contribution in [-0.2, 0) is 4.79 Å². The van der Waals surface area contributed by atoms with Crippen molar-refractivity contribution in [2.75, 3.05) is 4.90 Å². The van der Waals surface area contributed by atoms with E-state index in [2.05, 4.69) is 15.9 Å². The number of carbonyl (C=O) groups excluding carboxylic acids is 3. The van der Waals surface area contributed by atoms with Crippen LogP contribution in [0.5, 0.6) is 0 Å². The van der Waals surface area contributed by atoms with Gasteiger partial charge in [0, 0.05) is 5.02 Å². The molecule has 2 aromatic rings. The quantitative estimate of drug-likeness (QED) is 0.619. The molecule has 3 amide bonds. The first kappa shape index (κ1) is 15.2. The van der Waals surface area contributed by atoms with E-state index in [9.17, 15) is 14.4 Å². The van der Waals surface area contributed by atoms with E-state index in [-0.39, 0.29) is 5.78 Å². The third-order valence-corrected chi connectivity index (χ3v) is 5.18. The number of benzene rings is 1. The number of imide groups is 1. The van der Waals surface area contributed by atoms with Crippen molar-refractivity contribution in [2.24, 2.45) is 5.73 Å². The van der Waals surface area contributed by atoms with Crippen molar-refractivity contribution in [3.05, 3.63) is 49.6 Å². The van der Waals surface area contributed by atoms with Gasteiger partial charge in [-0.05, 0) is 51.8 Å². The number of hydrogen-bond acceptors (Lipinski definition) is 4. The smallest absolute Gasteiger partial charge is 0.326 e. The second-order valence-electron chi connectivity index (χ2n) is 4.62. The van der Waals surface area contributed by atoms with E-state index in [1.165, 1.54) is 29.5 Å². The molecule has 0 bridgehead atoms. The van der Waals surface area contributed by atoms with Crippen molar-refractivity contribution in [3.63, 3.8) is 0 Å². The maximum atomic E-state index is 12.7. The van der Waals surface area contributed by atoms with Gasteiger partial charge in [0.1, 0.15) is 5.92 Å². The molecular formula is C14H8BrClN2O3S. The molecule has 1 aliphatic rings. The summed E-state index contributed by atoms with van der Waals surface area (Å²) in [4.78, 5) is 37.9. The van der Waals surface area contributed by atoms with E-state index < -0.39 is 17.9 Å². The average Bonchev–Trinajstić information content (AvgIpc) is 2.98. The zero-order chi connectivity index (χ0) is 16.0. The molecule has 2 heterocycles. The highest BCUT2D eigenvalue weighted by molar-refractivity contribution is 9.11. The topological polar surface area (TPSA) is 80.5 Å². The fourth-order valence-electron chi connectivity index (χ4n) is 2.41. The van der Waals surface area contributed by atoms with Crippen molar-refractivity contribution in [3.8, 4) is 0 Å². The molecule has 2 N–H and O–H groups in total. The minimum Gasteiger partial charge on any atom is -0.351 e. The molecule has 1 atom stereocenters. The first-order valence-corrected chi connectivity index (χ1v) is 8.11. The molecule has 5 nitrogen and oxygen atoms in total. The summed E-state index contributed by atoms with van der Waals surface area (Å²) >= 11 is 10.5. The molecule has 0 radical (unpaired) electrons. The summed E-state index contributed by atoms with van der Waals surface area (Å²) in [6.45, 7) is 0. The number of hydrogen-bond donors (Lipinski definition) is 1. The van der Waals surface area contributed by atoms with Crippen LogP contribution in [0.4, 0.5) is 10.5 Å². The van der Waals surface area contributed by atoms with E-state index >= 15 is 0 Å². The van der Waals surface area contributed by atoms with Gasteiger partial charge >= 0.3 is 6.03 Å². The molecule has 1 aromatic heterocycles. The number of amides is 3. The fourth-order valence-corrected chi connectivity index (χ4v) is 3.95. The highest BCUT2D eigenvalue weighted by Gasteiger charge is 2.44. The standard InChI is InChI=1S/C14H8BrClN2O3S/c15-10-4-3-9(22-10)12(19)11-7-5-6(16)1-2-8(7)18(13(11)20)14(17)21/h1-5,11H,(H2,17,21). The molecular weight excluding hydrogens is 392 g/mol. The first-order valence-electron chi connectivity index (χ1n) is 6.12. The van der Waals surface area contributed by atoms with Gasteiger partial charge < -0.3 is 5.73 Å². The molecule has 22 heavy (non-hydrogen) atoms. The van der Waals surface area contributed by atoms with Gasteiger partial charge in [-0.1, -0.05) is 11.6 Å². The van der Waals surface area contributed by atoms with Crippen LogP contribution in [-0.4, -0.2) is 17.7 Å². The SMILES string of the molecule is NC(=O)N1C(=O)C(C(=O)c2ccc(Br)s2)c2cc(Cl)ccc21. The van der Waals surface area contributed by atoms with Crippen molar-refractivity contribution >= 4 is 62.3 Å². The molecule has 1 unspecified atom stereocenters. The number of nitrogens with zero attached hydrogens (tertiary/aromatic N) is 1. The maximum absolute atomic E-state index is 12.7. The number of thiophene rings is 1. The lowest BCUT2D eigenvalue weighted by atomic mass is 9.95. The Kier molecular flexibility index (Phi) is 3.80. The van der Waals surface area contributed by atoms with Crippen molar-refractivity contribution in [2.45, 2.75) is 5.92 Å². The number of primary amides is 1. The monoisotopic (exact) mass is 398 g/mol. The van der Waals surface area contributed by atoms with Crippen LogP contribution in [0.15, 0.2) is 34.1 Å². The summed E-state index contributed by atoms with van der Waals surface area (Å²) in [6, 6.07) is 7.00. The summed E-state index contributed by atoms with van der Waals surface area (Å²) in [7, 11) is 0. The molecule has 1 aromatic carbocycles. The van der Waals surface area contributed by atoms with Crippen LogP contribution < -0.4 is 10.6 Å². The predicted molar refractivity (Wildman–Crippen MR) is 87.6 cm³/mol. The number of Topliss-reactive ketones (excluding diaryl/α,β-unsaturated/α-hetero) is 1. The summed E-state index contributed by atoms with van der Waals surface area (Å²) < 4.78 is 0.777. The molecule has 3 rings (SSSR count). The number of urea groups is 1. The molecule has 1 aliphatic heterocycles. The molecule has 8 heteroatoms. The normalized spacial score (nSPS) is 16.7. The van der Waals surface area contributed by atoms with E-state index in [1.807, 2.05) is 0 Å². The first-order chi connectivity index (χ1) is 10.4. The lowest BCUT2D eigenvalue weighted by molar-refractivity contribution is -0.117. The third-order valence-electron chi connectivity index (χ3n) is 3.31. The van der Waals surface area contributed by atoms with E-state index in [4.69, 9.17) is 17.3 Å². The molecule has 0 aliphatic carbocycles. The number of nitrogens with two attached hydrogens (primary N) is 1. The average molecular weight is 400 g/mol. The van der Waals surface area contributed by atoms with Crippen LogP contribution in [0.25, 0.3) is 0 Å². The largest absolute Gasteiger partial charge is 0.351 e. The lowest BCUT2D eigenvalue weighted by Crippen LogP contribution is -2.40. The second-order valence-corrected chi connectivity index (χ2v) is 7.52. The molecule has 0 fully saturated rings. The number of rotatable bonds is 2. The second kappa shape index (κ2) is 5.49. The lowest BCUT2D eigenvalue weighted by Gasteiger charge is -2.12. The van der Waals surface area contributed by atoms with Gasteiger partial charge in [0.15, 0.2) is 5.78 Å². The van der Waals surface area contributed by atoms with Gasteiger partial charge in [-0.3, -0.25) is 9.59 Å². The van der Waals surface area contributed by atoms with Crippen LogP contribution in [0.3, 0.4) is 0 Å². The Morgan fingerprint density at radius 3 is 2.59 bits per heavy atom. The molecule has 0 spiro atoms. The van der Waals surface area contributed by atoms with Crippen LogP contribution in [0.2, 0.25) is 5.02 Å².